The summed E-state index contributed by atoms with van der Waals surface area (Å²) in [5.41, 5.74) is 5.89. The molecule has 0 radical (unpaired) electrons. The van der Waals surface area contributed by atoms with Gasteiger partial charge in [-0.2, -0.15) is 16.8 Å². The van der Waals surface area contributed by atoms with Gasteiger partial charge >= 0.3 is 0 Å². The van der Waals surface area contributed by atoms with Crippen LogP contribution in [0.3, 0.4) is 0 Å². The van der Waals surface area contributed by atoms with Gasteiger partial charge in [0.05, 0.1) is 27.4 Å². The Hall–Kier alpha value is -3.62. The number of hydrogen-bond donors (Lipinski definition) is 5. The van der Waals surface area contributed by atoms with Crippen LogP contribution in [0.2, 0.25) is 0 Å². The molecule has 37 heavy (non-hydrogen) atoms. The van der Waals surface area contributed by atoms with Crippen LogP contribution in [-0.2, 0) is 26.8 Å². The Morgan fingerprint density at radius 2 is 1.38 bits per heavy atom. The van der Waals surface area contributed by atoms with E-state index in [4.69, 9.17) is 5.73 Å². The van der Waals surface area contributed by atoms with E-state index in [0.29, 0.717) is 11.1 Å². The lowest BCUT2D eigenvalue weighted by atomic mass is 9.82. The van der Waals surface area contributed by atoms with Crippen LogP contribution in [-0.4, -0.2) is 44.6 Å². The SMILES string of the molecule is CNCc1cc(S(=O)(=O)O)c(C)c(Nc2cc(S(=O)(=O)O)c(N)c3c2C(=O)c2ccccc2C3=O)c1C. The third-order valence-corrected chi connectivity index (χ3v) is 8.16. The largest absolute Gasteiger partial charge is 0.397 e. The molecule has 1 aliphatic carbocycles. The van der Waals surface area contributed by atoms with Crippen molar-refractivity contribution in [3.05, 3.63) is 75.3 Å². The Kier molecular flexibility index (Phi) is 6.46. The Bertz CT molecular complexity index is 1730. The Labute approximate surface area is 213 Å². The monoisotopic (exact) mass is 545 g/mol. The lowest BCUT2D eigenvalue weighted by Crippen LogP contribution is -2.25. The Morgan fingerprint density at radius 1 is 0.838 bits per heavy atom. The van der Waals surface area contributed by atoms with Gasteiger partial charge in [0.25, 0.3) is 20.2 Å². The summed E-state index contributed by atoms with van der Waals surface area (Å²) in [5, 5.41) is 5.79. The van der Waals surface area contributed by atoms with E-state index in [-0.39, 0.29) is 40.2 Å². The maximum absolute atomic E-state index is 13.5. The molecule has 0 aromatic heterocycles. The van der Waals surface area contributed by atoms with E-state index < -0.39 is 52.8 Å². The van der Waals surface area contributed by atoms with Crippen molar-refractivity contribution in [3.63, 3.8) is 0 Å². The minimum absolute atomic E-state index is 0.0159. The molecule has 4 rings (SSSR count). The summed E-state index contributed by atoms with van der Waals surface area (Å²) in [6.45, 7) is 3.28. The zero-order valence-electron chi connectivity index (χ0n) is 19.9. The van der Waals surface area contributed by atoms with Crippen LogP contribution in [0, 0.1) is 13.8 Å². The number of carbonyl (C=O) groups is 2. The van der Waals surface area contributed by atoms with Crippen LogP contribution in [0.1, 0.15) is 48.5 Å². The fourth-order valence-corrected chi connectivity index (χ4v) is 5.94. The molecule has 194 valence electrons. The molecule has 0 heterocycles. The van der Waals surface area contributed by atoms with E-state index >= 15 is 0 Å². The molecular weight excluding hydrogens is 522 g/mol. The molecule has 1 aliphatic rings. The number of hydrogen-bond acceptors (Lipinski definition) is 9. The third-order valence-electron chi connectivity index (χ3n) is 6.29. The maximum atomic E-state index is 13.5. The first-order chi connectivity index (χ1) is 17.2. The van der Waals surface area contributed by atoms with Crippen LogP contribution in [0.15, 0.2) is 46.2 Å². The van der Waals surface area contributed by atoms with E-state index in [2.05, 4.69) is 10.6 Å². The first-order valence-electron chi connectivity index (χ1n) is 10.8. The van der Waals surface area contributed by atoms with Gasteiger partial charge in [-0.05, 0) is 49.7 Å². The van der Waals surface area contributed by atoms with Crippen LogP contribution >= 0.6 is 0 Å². The molecule has 3 aromatic carbocycles. The van der Waals surface area contributed by atoms with Gasteiger partial charge in [0, 0.05) is 23.4 Å². The highest BCUT2D eigenvalue weighted by Gasteiger charge is 2.37. The number of ketones is 2. The number of benzene rings is 3. The smallest absolute Gasteiger partial charge is 0.296 e. The molecule has 0 spiro atoms. The van der Waals surface area contributed by atoms with Crippen LogP contribution in [0.25, 0.3) is 0 Å². The zero-order chi connectivity index (χ0) is 27.4. The first kappa shape index (κ1) is 26.4. The summed E-state index contributed by atoms with van der Waals surface area (Å²) >= 11 is 0. The predicted molar refractivity (Wildman–Crippen MR) is 136 cm³/mol. The summed E-state index contributed by atoms with van der Waals surface area (Å²) < 4.78 is 68.2. The summed E-state index contributed by atoms with van der Waals surface area (Å²) in [6, 6.07) is 8.16. The van der Waals surface area contributed by atoms with E-state index in [1.54, 1.807) is 20.0 Å². The molecule has 0 saturated carbocycles. The molecule has 6 N–H and O–H groups in total. The topological polar surface area (TPSA) is 193 Å². The summed E-state index contributed by atoms with van der Waals surface area (Å²) in [4.78, 5) is 25.7. The normalized spacial score (nSPS) is 13.3. The molecule has 0 amide bonds. The van der Waals surface area contributed by atoms with E-state index in [9.17, 15) is 35.5 Å². The second-order valence-corrected chi connectivity index (χ2v) is 11.3. The highest BCUT2D eigenvalue weighted by molar-refractivity contribution is 7.86. The van der Waals surface area contributed by atoms with Gasteiger partial charge in [0.1, 0.15) is 4.90 Å². The van der Waals surface area contributed by atoms with Gasteiger partial charge in [0.2, 0.25) is 0 Å². The molecule has 0 aliphatic heterocycles. The number of nitrogens with two attached hydrogens (primary N) is 1. The molecule has 11 nitrogen and oxygen atoms in total. The second-order valence-electron chi connectivity index (χ2n) is 8.55. The average molecular weight is 546 g/mol. The predicted octanol–water partition coefficient (Wildman–Crippen LogP) is 2.62. The highest BCUT2D eigenvalue weighted by atomic mass is 32.2. The van der Waals surface area contributed by atoms with Crippen molar-refractivity contribution in [2.24, 2.45) is 0 Å². The van der Waals surface area contributed by atoms with Crippen molar-refractivity contribution < 1.29 is 35.5 Å². The van der Waals surface area contributed by atoms with E-state index in [0.717, 1.165) is 6.07 Å². The standard InChI is InChI=1S/C24H23N3O8S2/c1-11-13(10-26-3)8-17(36(30,31)32)12(2)22(11)27-16-9-18(37(33,34)35)21(25)20-19(16)23(28)14-6-4-5-7-15(14)24(20)29/h4-9,26-27H,10,25H2,1-3H3,(H,30,31,32)(H,33,34,35). The van der Waals surface area contributed by atoms with Crippen molar-refractivity contribution in [1.82, 2.24) is 5.32 Å². The number of rotatable bonds is 6. The van der Waals surface area contributed by atoms with Gasteiger partial charge < -0.3 is 16.4 Å². The van der Waals surface area contributed by atoms with Crippen molar-refractivity contribution in [3.8, 4) is 0 Å². The van der Waals surface area contributed by atoms with E-state index in [1.807, 2.05) is 0 Å². The number of carbonyl (C=O) groups excluding carboxylic acids is 2. The van der Waals surface area contributed by atoms with Gasteiger partial charge in [0.15, 0.2) is 11.6 Å². The van der Waals surface area contributed by atoms with Gasteiger partial charge in [-0.25, -0.2) is 0 Å². The van der Waals surface area contributed by atoms with Gasteiger partial charge in [-0.3, -0.25) is 18.7 Å². The molecule has 0 saturated heterocycles. The lowest BCUT2D eigenvalue weighted by molar-refractivity contribution is 0.0980. The zero-order valence-corrected chi connectivity index (χ0v) is 21.5. The second kappa shape index (κ2) is 9.04. The van der Waals surface area contributed by atoms with Crippen LogP contribution in [0.5, 0.6) is 0 Å². The number of fused-ring (bicyclic) bond motifs is 2. The average Bonchev–Trinajstić information content (AvgIpc) is 2.81. The Morgan fingerprint density at radius 3 is 1.89 bits per heavy atom. The van der Waals surface area contributed by atoms with E-state index in [1.165, 1.54) is 31.2 Å². The van der Waals surface area contributed by atoms with Crippen molar-refractivity contribution in [2.75, 3.05) is 18.1 Å². The summed E-state index contributed by atoms with van der Waals surface area (Å²) in [7, 11) is -7.97. The minimum Gasteiger partial charge on any atom is -0.397 e. The summed E-state index contributed by atoms with van der Waals surface area (Å²) in [5.74, 6) is -1.34. The van der Waals surface area contributed by atoms with Crippen molar-refractivity contribution >= 4 is 48.9 Å². The minimum atomic E-state index is -4.94. The van der Waals surface area contributed by atoms with Crippen molar-refractivity contribution in [1.29, 1.82) is 0 Å². The first-order valence-corrected chi connectivity index (χ1v) is 13.7. The number of nitrogen functional groups attached to an aromatic ring is 1. The lowest BCUT2D eigenvalue weighted by Gasteiger charge is -2.25. The number of nitrogens with one attached hydrogen (secondary N) is 2. The van der Waals surface area contributed by atoms with Gasteiger partial charge in [-0.15, -0.1) is 0 Å². The maximum Gasteiger partial charge on any atom is 0.296 e. The van der Waals surface area contributed by atoms with Gasteiger partial charge in [-0.1, -0.05) is 24.3 Å². The van der Waals surface area contributed by atoms with Crippen LogP contribution < -0.4 is 16.4 Å². The van der Waals surface area contributed by atoms with Crippen molar-refractivity contribution in [2.45, 2.75) is 30.2 Å². The molecule has 3 aromatic rings. The molecule has 0 fully saturated rings. The quantitative estimate of drug-likeness (QED) is 0.177. The molecule has 13 heteroatoms. The molecule has 0 atom stereocenters. The molecule has 0 bridgehead atoms. The fourth-order valence-electron chi connectivity index (χ4n) is 4.51. The fraction of sp³-hybridized carbons (Fsp3) is 0.167. The number of anilines is 3. The highest BCUT2D eigenvalue weighted by Crippen LogP contribution is 2.41. The molecular formula is C24H23N3O8S2. The third kappa shape index (κ3) is 4.40. The molecule has 0 unspecified atom stereocenters. The van der Waals surface area contributed by atoms with Crippen LogP contribution in [0.4, 0.5) is 17.1 Å². The summed E-state index contributed by atoms with van der Waals surface area (Å²) in [6.07, 6.45) is 0. The Balaban J connectivity index is 2.08.